The highest BCUT2D eigenvalue weighted by molar-refractivity contribution is 5.76. The van der Waals surface area contributed by atoms with Crippen molar-refractivity contribution in [3.63, 3.8) is 0 Å². The van der Waals surface area contributed by atoms with E-state index in [2.05, 4.69) is 10.1 Å². The maximum atomic E-state index is 14.7. The van der Waals surface area contributed by atoms with E-state index in [1.807, 2.05) is 0 Å². The number of aromatic hydroxyl groups is 1. The van der Waals surface area contributed by atoms with Crippen LogP contribution >= 0.6 is 0 Å². The SMILES string of the molecule is O=C(NCC(F)(F)F)N[C@](Cc1ccc(O)cc1)(c1ccc(F)cc1)c1cc(F)cc(OC(F)(F)C(F)F)c1. The molecule has 0 aliphatic rings. The minimum atomic E-state index is -5.04. The number of hydrogen-bond donors (Lipinski definition) is 3. The molecule has 210 valence electrons. The highest BCUT2D eigenvalue weighted by Crippen LogP contribution is 2.38. The van der Waals surface area contributed by atoms with Crippen LogP contribution in [0.4, 0.5) is 44.3 Å². The lowest BCUT2D eigenvalue weighted by Crippen LogP contribution is -2.53. The van der Waals surface area contributed by atoms with Crippen LogP contribution in [0.25, 0.3) is 0 Å². The van der Waals surface area contributed by atoms with Gasteiger partial charge in [0.1, 0.15) is 29.7 Å². The zero-order chi connectivity index (χ0) is 29.0. The van der Waals surface area contributed by atoms with Crippen LogP contribution in [0.5, 0.6) is 11.5 Å². The quantitative estimate of drug-likeness (QED) is 0.268. The summed E-state index contributed by atoms with van der Waals surface area (Å²) in [7, 11) is 0. The third kappa shape index (κ3) is 7.71. The Morgan fingerprint density at radius 2 is 1.46 bits per heavy atom. The number of carbonyl (C=O) groups is 1. The molecule has 0 aliphatic carbocycles. The Balaban J connectivity index is 2.23. The number of nitrogens with one attached hydrogen (secondary N) is 2. The van der Waals surface area contributed by atoms with Gasteiger partial charge in [0.15, 0.2) is 0 Å². The third-order valence-corrected chi connectivity index (χ3v) is 5.39. The summed E-state index contributed by atoms with van der Waals surface area (Å²) >= 11 is 0. The number of benzene rings is 3. The number of carbonyl (C=O) groups excluding carboxylic acids is 1. The van der Waals surface area contributed by atoms with Gasteiger partial charge in [-0.15, -0.1) is 0 Å². The lowest BCUT2D eigenvalue weighted by Gasteiger charge is -2.37. The zero-order valence-electron chi connectivity index (χ0n) is 19.5. The number of halogens is 9. The van der Waals surface area contributed by atoms with Crippen molar-refractivity contribution in [3.05, 3.63) is 95.1 Å². The lowest BCUT2D eigenvalue weighted by molar-refractivity contribution is -0.253. The first-order valence-corrected chi connectivity index (χ1v) is 10.9. The average molecular weight is 566 g/mol. The molecular formula is C25H19F9N2O3. The standard InChI is InChI=1S/C25H19F9N2O3/c26-17-5-3-15(4-6-17)23(12-14-1-7-19(37)8-2-14,36-22(38)35-13-24(30,31)32)16-9-18(27)11-20(10-16)39-25(33,34)21(28)29/h1-11,21,37H,12-13H2,(H2,35,36,38)/t23-/m1/s1. The maximum absolute atomic E-state index is 14.7. The number of phenols is 1. The summed E-state index contributed by atoms with van der Waals surface area (Å²) in [6, 6.07) is 9.45. The molecule has 0 spiro atoms. The number of rotatable bonds is 9. The topological polar surface area (TPSA) is 70.6 Å². The first-order chi connectivity index (χ1) is 18.1. The molecule has 14 heteroatoms. The Labute approximate surface area is 215 Å². The molecular weight excluding hydrogens is 547 g/mol. The predicted octanol–water partition coefficient (Wildman–Crippen LogP) is 6.25. The first-order valence-electron chi connectivity index (χ1n) is 10.9. The average Bonchev–Trinajstić information content (AvgIpc) is 2.83. The van der Waals surface area contributed by atoms with Crippen molar-refractivity contribution in [1.29, 1.82) is 0 Å². The van der Waals surface area contributed by atoms with Crippen molar-refractivity contribution in [3.8, 4) is 11.5 Å². The van der Waals surface area contributed by atoms with Crippen molar-refractivity contribution < 1.29 is 54.2 Å². The van der Waals surface area contributed by atoms with Gasteiger partial charge in [-0.2, -0.15) is 30.7 Å². The molecule has 3 aromatic carbocycles. The van der Waals surface area contributed by atoms with E-state index in [9.17, 15) is 49.4 Å². The van der Waals surface area contributed by atoms with Crippen molar-refractivity contribution in [1.82, 2.24) is 10.6 Å². The molecule has 3 rings (SSSR count). The molecule has 0 aliphatic heterocycles. The van der Waals surface area contributed by atoms with Crippen LogP contribution in [0, 0.1) is 11.6 Å². The highest BCUT2D eigenvalue weighted by Gasteiger charge is 2.45. The van der Waals surface area contributed by atoms with Gasteiger partial charge in [0, 0.05) is 12.5 Å². The molecule has 0 bridgehead atoms. The summed E-state index contributed by atoms with van der Waals surface area (Å²) < 4.78 is 123. The summed E-state index contributed by atoms with van der Waals surface area (Å²) in [6.07, 6.45) is -14.6. The van der Waals surface area contributed by atoms with E-state index in [0.29, 0.717) is 18.2 Å². The van der Waals surface area contributed by atoms with Crippen molar-refractivity contribution in [2.24, 2.45) is 0 Å². The van der Waals surface area contributed by atoms with E-state index in [4.69, 9.17) is 0 Å². The fourth-order valence-corrected chi connectivity index (χ4v) is 3.70. The van der Waals surface area contributed by atoms with Crippen LogP contribution in [-0.2, 0) is 12.0 Å². The molecule has 0 unspecified atom stereocenters. The number of ether oxygens (including phenoxy) is 1. The lowest BCUT2D eigenvalue weighted by atomic mass is 9.77. The number of phenolic OH excluding ortho intramolecular Hbond substituents is 1. The van der Waals surface area contributed by atoms with Gasteiger partial charge in [-0.25, -0.2) is 13.6 Å². The van der Waals surface area contributed by atoms with Crippen LogP contribution in [-0.4, -0.2) is 36.4 Å². The molecule has 0 saturated carbocycles. The summed E-state index contributed by atoms with van der Waals surface area (Å²) in [5.41, 5.74) is -2.32. The van der Waals surface area contributed by atoms with E-state index in [0.717, 1.165) is 24.3 Å². The van der Waals surface area contributed by atoms with Crippen molar-refractivity contribution in [2.75, 3.05) is 6.54 Å². The fourth-order valence-electron chi connectivity index (χ4n) is 3.70. The second-order valence-corrected chi connectivity index (χ2v) is 8.32. The molecule has 3 aromatic rings. The molecule has 3 N–H and O–H groups in total. The Hall–Kier alpha value is -4.10. The minimum absolute atomic E-state index is 0.0590. The summed E-state index contributed by atoms with van der Waals surface area (Å²) in [5, 5.41) is 13.4. The zero-order valence-corrected chi connectivity index (χ0v) is 19.5. The van der Waals surface area contributed by atoms with Gasteiger partial charge in [-0.1, -0.05) is 24.3 Å². The van der Waals surface area contributed by atoms with Gasteiger partial charge >= 0.3 is 24.7 Å². The number of amides is 2. The summed E-state index contributed by atoms with van der Waals surface area (Å²) in [4.78, 5) is 12.7. The second kappa shape index (κ2) is 11.3. The molecule has 2 amide bonds. The molecule has 5 nitrogen and oxygen atoms in total. The smallest absolute Gasteiger partial charge is 0.461 e. The molecule has 0 saturated heterocycles. The monoisotopic (exact) mass is 566 g/mol. The second-order valence-electron chi connectivity index (χ2n) is 8.32. The largest absolute Gasteiger partial charge is 0.508 e. The van der Waals surface area contributed by atoms with Gasteiger partial charge in [-0.3, -0.25) is 0 Å². The van der Waals surface area contributed by atoms with Crippen LogP contribution < -0.4 is 15.4 Å². The third-order valence-electron chi connectivity index (χ3n) is 5.39. The Bertz CT molecular complexity index is 1280. The Morgan fingerprint density at radius 1 is 0.846 bits per heavy atom. The van der Waals surface area contributed by atoms with Crippen molar-refractivity contribution >= 4 is 6.03 Å². The van der Waals surface area contributed by atoms with Crippen LogP contribution in [0.1, 0.15) is 16.7 Å². The normalized spacial score (nSPS) is 13.6. The molecule has 0 heterocycles. The van der Waals surface area contributed by atoms with Crippen molar-refractivity contribution in [2.45, 2.75) is 30.7 Å². The van der Waals surface area contributed by atoms with E-state index in [1.54, 1.807) is 5.32 Å². The first kappa shape index (κ1) is 29.5. The molecule has 0 fully saturated rings. The van der Waals surface area contributed by atoms with Crippen LogP contribution in [0.15, 0.2) is 66.7 Å². The van der Waals surface area contributed by atoms with E-state index >= 15 is 0 Å². The van der Waals surface area contributed by atoms with Gasteiger partial charge < -0.3 is 20.5 Å². The Kier molecular flexibility index (Phi) is 8.56. The molecule has 39 heavy (non-hydrogen) atoms. The predicted molar refractivity (Wildman–Crippen MR) is 120 cm³/mol. The van der Waals surface area contributed by atoms with Gasteiger partial charge in [0.05, 0.1) is 5.54 Å². The molecule has 0 aromatic heterocycles. The maximum Gasteiger partial charge on any atom is 0.461 e. The summed E-state index contributed by atoms with van der Waals surface area (Å²) in [5.74, 6) is -3.33. The van der Waals surface area contributed by atoms with E-state index in [-0.39, 0.29) is 16.9 Å². The molecule has 1 atom stereocenters. The number of hydrogen-bond acceptors (Lipinski definition) is 3. The number of urea groups is 1. The Morgan fingerprint density at radius 3 is 2.03 bits per heavy atom. The van der Waals surface area contributed by atoms with E-state index in [1.165, 1.54) is 24.3 Å². The highest BCUT2D eigenvalue weighted by atomic mass is 19.4. The number of alkyl halides is 7. The van der Waals surface area contributed by atoms with Crippen LogP contribution in [0.3, 0.4) is 0 Å². The van der Waals surface area contributed by atoms with Gasteiger partial charge in [-0.05, 0) is 53.1 Å². The fraction of sp³-hybridized carbons (Fsp3) is 0.240. The van der Waals surface area contributed by atoms with E-state index < -0.39 is 66.2 Å². The van der Waals surface area contributed by atoms with Gasteiger partial charge in [0.2, 0.25) is 0 Å². The molecule has 0 radical (unpaired) electrons. The minimum Gasteiger partial charge on any atom is -0.508 e. The van der Waals surface area contributed by atoms with Crippen LogP contribution in [0.2, 0.25) is 0 Å². The summed E-state index contributed by atoms with van der Waals surface area (Å²) in [6.45, 7) is -1.78. The van der Waals surface area contributed by atoms with Gasteiger partial charge in [0.25, 0.3) is 0 Å².